The van der Waals surface area contributed by atoms with Crippen molar-refractivity contribution in [2.75, 3.05) is 18.3 Å². The molecule has 4 heteroatoms. The standard InChI is InChI=1S/C15H25Cl2NO/c1-14(2)8-12(9-15(3,4)11-14)18(7-5-6-16)13(19)10-17/h8H,5-7,9-11H2,1-4H3. The van der Waals surface area contributed by atoms with Gasteiger partial charge in [-0.1, -0.05) is 33.8 Å². The summed E-state index contributed by atoms with van der Waals surface area (Å²) in [4.78, 5) is 13.9. The smallest absolute Gasteiger partial charge is 0.241 e. The zero-order chi connectivity index (χ0) is 14.7. The molecule has 0 aromatic rings. The highest BCUT2D eigenvalue weighted by Gasteiger charge is 2.35. The molecular formula is C15H25Cl2NO. The van der Waals surface area contributed by atoms with Gasteiger partial charge in [0.15, 0.2) is 0 Å². The number of hydrogen-bond donors (Lipinski definition) is 0. The number of carbonyl (C=O) groups is 1. The maximum Gasteiger partial charge on any atom is 0.241 e. The summed E-state index contributed by atoms with van der Waals surface area (Å²) in [5, 5.41) is 0. The molecule has 0 atom stereocenters. The summed E-state index contributed by atoms with van der Waals surface area (Å²) in [6.07, 6.45) is 5.07. The number of nitrogens with zero attached hydrogens (tertiary/aromatic N) is 1. The first-order chi connectivity index (χ1) is 8.71. The predicted octanol–water partition coefficient (Wildman–Crippen LogP) is 4.41. The van der Waals surface area contributed by atoms with Crippen molar-refractivity contribution < 1.29 is 4.79 Å². The molecule has 0 unspecified atom stereocenters. The lowest BCUT2D eigenvalue weighted by molar-refractivity contribution is -0.127. The van der Waals surface area contributed by atoms with E-state index in [1.54, 1.807) is 0 Å². The Morgan fingerprint density at radius 3 is 2.42 bits per heavy atom. The van der Waals surface area contributed by atoms with Crippen LogP contribution in [0.2, 0.25) is 0 Å². The summed E-state index contributed by atoms with van der Waals surface area (Å²) in [5.74, 6) is 0.568. The van der Waals surface area contributed by atoms with Crippen molar-refractivity contribution in [2.45, 2.75) is 47.0 Å². The predicted molar refractivity (Wildman–Crippen MR) is 82.6 cm³/mol. The van der Waals surface area contributed by atoms with Crippen LogP contribution in [0, 0.1) is 10.8 Å². The van der Waals surface area contributed by atoms with E-state index in [0.717, 1.165) is 25.0 Å². The van der Waals surface area contributed by atoms with Gasteiger partial charge in [-0.25, -0.2) is 0 Å². The van der Waals surface area contributed by atoms with Crippen LogP contribution in [0.4, 0.5) is 0 Å². The number of carbonyl (C=O) groups excluding carboxylic acids is 1. The largest absolute Gasteiger partial charge is 0.315 e. The van der Waals surface area contributed by atoms with Crippen molar-refractivity contribution in [2.24, 2.45) is 10.8 Å². The van der Waals surface area contributed by atoms with Crippen molar-refractivity contribution in [1.29, 1.82) is 0 Å². The van der Waals surface area contributed by atoms with E-state index in [4.69, 9.17) is 23.2 Å². The molecule has 0 aromatic heterocycles. The van der Waals surface area contributed by atoms with Crippen molar-refractivity contribution in [3.05, 3.63) is 11.8 Å². The first kappa shape index (κ1) is 16.8. The van der Waals surface area contributed by atoms with E-state index in [-0.39, 0.29) is 22.6 Å². The Kier molecular flexibility index (Phi) is 5.76. The number of halogens is 2. The van der Waals surface area contributed by atoms with Crippen LogP contribution in [0.5, 0.6) is 0 Å². The minimum Gasteiger partial charge on any atom is -0.315 e. The molecule has 0 saturated heterocycles. The highest BCUT2D eigenvalue weighted by Crippen LogP contribution is 2.45. The molecule has 0 heterocycles. The van der Waals surface area contributed by atoms with E-state index in [1.165, 1.54) is 0 Å². The Labute approximate surface area is 127 Å². The van der Waals surface area contributed by atoms with Gasteiger partial charge < -0.3 is 4.90 Å². The fourth-order valence-electron chi connectivity index (χ4n) is 3.23. The van der Waals surface area contributed by atoms with Crippen LogP contribution in [-0.4, -0.2) is 29.1 Å². The van der Waals surface area contributed by atoms with Gasteiger partial charge in [0.05, 0.1) is 0 Å². The summed E-state index contributed by atoms with van der Waals surface area (Å²) in [6.45, 7) is 9.62. The van der Waals surface area contributed by atoms with Crippen LogP contribution in [0.25, 0.3) is 0 Å². The monoisotopic (exact) mass is 305 g/mol. The minimum atomic E-state index is -0.0217. The molecule has 0 bridgehead atoms. The van der Waals surface area contributed by atoms with Gasteiger partial charge in [0.25, 0.3) is 0 Å². The lowest BCUT2D eigenvalue weighted by atomic mass is 9.68. The zero-order valence-electron chi connectivity index (χ0n) is 12.4. The van der Waals surface area contributed by atoms with Gasteiger partial charge in [0.2, 0.25) is 5.91 Å². The lowest BCUT2D eigenvalue weighted by Crippen LogP contribution is -2.38. The third-order valence-electron chi connectivity index (χ3n) is 3.43. The Balaban J connectivity index is 3.00. The molecule has 0 radical (unpaired) electrons. The summed E-state index contributed by atoms with van der Waals surface area (Å²) in [6, 6.07) is 0. The zero-order valence-corrected chi connectivity index (χ0v) is 13.9. The number of rotatable bonds is 5. The van der Waals surface area contributed by atoms with Gasteiger partial charge in [0.1, 0.15) is 5.88 Å². The first-order valence-corrected chi connectivity index (χ1v) is 7.92. The molecule has 0 saturated carbocycles. The summed E-state index contributed by atoms with van der Waals surface area (Å²) < 4.78 is 0. The summed E-state index contributed by atoms with van der Waals surface area (Å²) in [5.41, 5.74) is 1.43. The SMILES string of the molecule is CC1(C)C=C(N(CCCCl)C(=O)CCl)CC(C)(C)C1. The third-order valence-corrected chi connectivity index (χ3v) is 3.92. The Bertz CT molecular complexity index is 361. The quantitative estimate of drug-likeness (QED) is 0.689. The molecule has 1 amide bonds. The van der Waals surface area contributed by atoms with E-state index in [1.807, 2.05) is 4.90 Å². The van der Waals surface area contributed by atoms with Gasteiger partial charge in [0, 0.05) is 18.1 Å². The van der Waals surface area contributed by atoms with E-state index >= 15 is 0 Å². The maximum absolute atomic E-state index is 12.0. The molecule has 1 aliphatic carbocycles. The molecule has 0 N–H and O–H groups in total. The summed E-state index contributed by atoms with van der Waals surface area (Å²) >= 11 is 11.5. The second-order valence-corrected chi connectivity index (χ2v) is 7.51. The topological polar surface area (TPSA) is 20.3 Å². The second-order valence-electron chi connectivity index (χ2n) is 6.86. The molecule has 0 spiro atoms. The Morgan fingerprint density at radius 1 is 1.32 bits per heavy atom. The average molecular weight is 306 g/mol. The number of amides is 1. The highest BCUT2D eigenvalue weighted by molar-refractivity contribution is 6.27. The van der Waals surface area contributed by atoms with Gasteiger partial charge in [-0.2, -0.15) is 0 Å². The van der Waals surface area contributed by atoms with E-state index < -0.39 is 0 Å². The molecule has 0 aliphatic heterocycles. The van der Waals surface area contributed by atoms with Crippen molar-refractivity contribution in [3.63, 3.8) is 0 Å². The van der Waals surface area contributed by atoms with Gasteiger partial charge >= 0.3 is 0 Å². The van der Waals surface area contributed by atoms with Crippen LogP contribution in [0.15, 0.2) is 11.8 Å². The fourth-order valence-corrected chi connectivity index (χ4v) is 3.49. The van der Waals surface area contributed by atoms with Crippen LogP contribution in [-0.2, 0) is 4.79 Å². The molecule has 0 aromatic carbocycles. The lowest BCUT2D eigenvalue weighted by Gasteiger charge is -2.42. The average Bonchev–Trinajstić information content (AvgIpc) is 2.25. The molecule has 0 fully saturated rings. The number of hydrogen-bond acceptors (Lipinski definition) is 1. The summed E-state index contributed by atoms with van der Waals surface area (Å²) in [7, 11) is 0. The molecule has 110 valence electrons. The van der Waals surface area contributed by atoms with Crippen LogP contribution in [0.3, 0.4) is 0 Å². The first-order valence-electron chi connectivity index (χ1n) is 6.85. The third kappa shape index (κ3) is 5.00. The van der Waals surface area contributed by atoms with Gasteiger partial charge in [-0.3, -0.25) is 4.79 Å². The Hall–Kier alpha value is -0.210. The minimum absolute atomic E-state index is 0.0217. The van der Waals surface area contributed by atoms with E-state index in [9.17, 15) is 4.79 Å². The van der Waals surface area contributed by atoms with Crippen LogP contribution >= 0.6 is 23.2 Å². The van der Waals surface area contributed by atoms with Gasteiger partial charge in [-0.15, -0.1) is 23.2 Å². The van der Waals surface area contributed by atoms with Gasteiger partial charge in [-0.05, 0) is 30.1 Å². The van der Waals surface area contributed by atoms with Crippen LogP contribution < -0.4 is 0 Å². The number of alkyl halides is 2. The maximum atomic E-state index is 12.0. The normalized spacial score (nSPS) is 20.8. The Morgan fingerprint density at radius 2 is 1.95 bits per heavy atom. The molecule has 2 nitrogen and oxygen atoms in total. The highest BCUT2D eigenvalue weighted by atomic mass is 35.5. The van der Waals surface area contributed by atoms with Crippen molar-refractivity contribution >= 4 is 29.1 Å². The van der Waals surface area contributed by atoms with Crippen molar-refractivity contribution in [3.8, 4) is 0 Å². The van der Waals surface area contributed by atoms with Crippen molar-refractivity contribution in [1.82, 2.24) is 4.90 Å². The molecular weight excluding hydrogens is 281 g/mol. The van der Waals surface area contributed by atoms with E-state index in [2.05, 4.69) is 33.8 Å². The molecule has 19 heavy (non-hydrogen) atoms. The second kappa shape index (κ2) is 6.49. The molecule has 1 aliphatic rings. The van der Waals surface area contributed by atoms with E-state index in [0.29, 0.717) is 12.4 Å². The molecule has 1 rings (SSSR count). The number of allylic oxidation sites excluding steroid dienone is 2. The van der Waals surface area contributed by atoms with Crippen LogP contribution in [0.1, 0.15) is 47.0 Å². The fraction of sp³-hybridized carbons (Fsp3) is 0.800.